The van der Waals surface area contributed by atoms with Gasteiger partial charge in [0.25, 0.3) is 0 Å². The lowest BCUT2D eigenvalue weighted by Gasteiger charge is -2.27. The monoisotopic (exact) mass is 284 g/mol. The van der Waals surface area contributed by atoms with E-state index in [-0.39, 0.29) is 0 Å². The molecule has 4 nitrogen and oxygen atoms in total. The molecule has 10 heteroatoms. The van der Waals surface area contributed by atoms with Crippen molar-refractivity contribution in [2.75, 3.05) is 13.7 Å². The van der Waals surface area contributed by atoms with Gasteiger partial charge in [-0.05, 0) is 6.92 Å². The van der Waals surface area contributed by atoms with Crippen LogP contribution in [0.25, 0.3) is 0 Å². The van der Waals surface area contributed by atoms with Gasteiger partial charge in [-0.15, -0.1) is 0 Å². The molecule has 0 amide bonds. The minimum atomic E-state index is -5.70. The summed E-state index contributed by atoms with van der Waals surface area (Å²) < 4.78 is 79.7. The van der Waals surface area contributed by atoms with Gasteiger partial charge in [0.2, 0.25) is 6.10 Å². The van der Waals surface area contributed by atoms with Crippen LogP contribution in [0.3, 0.4) is 0 Å². The predicted octanol–water partition coefficient (Wildman–Crippen LogP) is 1.42. The summed E-state index contributed by atoms with van der Waals surface area (Å²) >= 11 is 0. The van der Waals surface area contributed by atoms with Crippen molar-refractivity contribution in [3.05, 3.63) is 0 Å². The molecule has 0 spiro atoms. The zero-order chi connectivity index (χ0) is 14.8. The van der Waals surface area contributed by atoms with E-state index in [0.717, 1.165) is 7.11 Å². The van der Waals surface area contributed by atoms with Crippen molar-refractivity contribution < 1.29 is 45.7 Å². The second-order valence-electron chi connectivity index (χ2n) is 3.54. The normalized spacial score (nSPS) is 16.6. The Labute approximate surface area is 97.5 Å². The summed E-state index contributed by atoms with van der Waals surface area (Å²) in [6.07, 6.45) is -15.5. The fourth-order valence-electron chi connectivity index (χ4n) is 0.899. The number of hydrogen-bond donors (Lipinski definition) is 1. The number of halogens is 6. The number of ether oxygens (including phenoxy) is 2. The highest BCUT2D eigenvalue weighted by molar-refractivity contribution is 5.78. The molecule has 108 valence electrons. The lowest BCUT2D eigenvalue weighted by Crippen LogP contribution is -2.49. The zero-order valence-electron chi connectivity index (χ0n) is 9.22. The van der Waals surface area contributed by atoms with E-state index in [2.05, 4.69) is 9.47 Å². The molecule has 0 aromatic heterocycles. The SMILES string of the molecule is COC(=O)C(C)(O)COC(C(F)(F)F)C(F)(F)F. The Morgan fingerprint density at radius 3 is 1.83 bits per heavy atom. The molecule has 0 rings (SSSR count). The van der Waals surface area contributed by atoms with Crippen LogP contribution in [0.1, 0.15) is 6.92 Å². The molecule has 1 N–H and O–H groups in total. The third-order valence-electron chi connectivity index (χ3n) is 1.75. The fourth-order valence-corrected chi connectivity index (χ4v) is 0.899. The van der Waals surface area contributed by atoms with Crippen LogP contribution in [0.15, 0.2) is 0 Å². The Balaban J connectivity index is 4.80. The zero-order valence-corrected chi connectivity index (χ0v) is 9.22. The van der Waals surface area contributed by atoms with E-state index in [9.17, 15) is 36.2 Å². The smallest absolute Gasteiger partial charge is 0.423 e. The maximum atomic E-state index is 12.0. The summed E-state index contributed by atoms with van der Waals surface area (Å²) in [5.41, 5.74) is -2.61. The summed E-state index contributed by atoms with van der Waals surface area (Å²) in [6, 6.07) is 0. The minimum Gasteiger partial charge on any atom is -0.467 e. The summed E-state index contributed by atoms with van der Waals surface area (Å²) in [5, 5.41) is 9.23. The van der Waals surface area contributed by atoms with Crippen molar-refractivity contribution in [3.8, 4) is 0 Å². The van der Waals surface area contributed by atoms with E-state index >= 15 is 0 Å². The molecule has 0 bridgehead atoms. The summed E-state index contributed by atoms with van der Waals surface area (Å²) in [6.45, 7) is -0.841. The average molecular weight is 284 g/mol. The fraction of sp³-hybridized carbons (Fsp3) is 0.875. The lowest BCUT2D eigenvalue weighted by atomic mass is 10.1. The van der Waals surface area contributed by atoms with Crippen LogP contribution >= 0.6 is 0 Å². The second-order valence-corrected chi connectivity index (χ2v) is 3.54. The molecular weight excluding hydrogens is 274 g/mol. The van der Waals surface area contributed by atoms with Crippen LogP contribution in [0.2, 0.25) is 0 Å². The van der Waals surface area contributed by atoms with Crippen LogP contribution in [-0.4, -0.2) is 48.9 Å². The molecule has 0 aromatic rings. The van der Waals surface area contributed by atoms with Gasteiger partial charge in [0.15, 0.2) is 5.60 Å². The molecule has 0 aromatic carbocycles. The van der Waals surface area contributed by atoms with Gasteiger partial charge in [0, 0.05) is 0 Å². The standard InChI is InChI=1S/C8H10F6O4/c1-6(16,5(15)17-2)3-18-4(7(9,10)11)8(12,13)14/h4,16H,3H2,1-2H3. The third kappa shape index (κ3) is 4.69. The topological polar surface area (TPSA) is 55.8 Å². The van der Waals surface area contributed by atoms with Crippen LogP contribution in [-0.2, 0) is 14.3 Å². The molecule has 0 aliphatic heterocycles. The Bertz CT molecular complexity index is 281. The summed E-state index contributed by atoms with van der Waals surface area (Å²) in [5.74, 6) is -1.41. The van der Waals surface area contributed by atoms with Gasteiger partial charge in [0.1, 0.15) is 0 Å². The van der Waals surface area contributed by atoms with E-state index in [0.29, 0.717) is 6.92 Å². The van der Waals surface area contributed by atoms with E-state index in [1.54, 1.807) is 0 Å². The largest absolute Gasteiger partial charge is 0.467 e. The molecule has 0 saturated carbocycles. The van der Waals surface area contributed by atoms with Gasteiger partial charge in [-0.2, -0.15) is 26.3 Å². The Morgan fingerprint density at radius 1 is 1.17 bits per heavy atom. The van der Waals surface area contributed by atoms with E-state index < -0.39 is 36.6 Å². The lowest BCUT2D eigenvalue weighted by molar-refractivity contribution is -0.327. The highest BCUT2D eigenvalue weighted by Gasteiger charge is 2.58. The molecule has 0 aliphatic rings. The number of alkyl halides is 6. The van der Waals surface area contributed by atoms with Crippen LogP contribution in [0.5, 0.6) is 0 Å². The van der Waals surface area contributed by atoms with E-state index in [4.69, 9.17) is 0 Å². The molecule has 1 atom stereocenters. The van der Waals surface area contributed by atoms with Crippen LogP contribution in [0, 0.1) is 0 Å². The molecule has 18 heavy (non-hydrogen) atoms. The second kappa shape index (κ2) is 5.31. The number of rotatable bonds is 4. The van der Waals surface area contributed by atoms with Crippen molar-refractivity contribution in [2.45, 2.75) is 31.0 Å². The highest BCUT2D eigenvalue weighted by atomic mass is 19.4. The van der Waals surface area contributed by atoms with Gasteiger partial charge in [-0.25, -0.2) is 4.79 Å². The number of aliphatic hydroxyl groups is 1. The molecule has 0 fully saturated rings. The predicted molar refractivity (Wildman–Crippen MR) is 44.5 cm³/mol. The molecular formula is C8H10F6O4. The molecule has 0 aliphatic carbocycles. The summed E-state index contributed by atoms with van der Waals surface area (Å²) in [7, 11) is 0.807. The van der Waals surface area contributed by atoms with Gasteiger partial charge in [0.05, 0.1) is 13.7 Å². The van der Waals surface area contributed by atoms with Gasteiger partial charge < -0.3 is 14.6 Å². The first kappa shape index (κ1) is 17.0. The van der Waals surface area contributed by atoms with Crippen LogP contribution < -0.4 is 0 Å². The first-order valence-corrected chi connectivity index (χ1v) is 4.38. The van der Waals surface area contributed by atoms with Gasteiger partial charge in [-0.1, -0.05) is 0 Å². The van der Waals surface area contributed by atoms with Crippen molar-refractivity contribution in [2.24, 2.45) is 0 Å². The maximum Gasteiger partial charge on any atom is 0.423 e. The maximum absolute atomic E-state index is 12.0. The van der Waals surface area contributed by atoms with Gasteiger partial charge >= 0.3 is 18.3 Å². The first-order chi connectivity index (χ1) is 7.82. The van der Waals surface area contributed by atoms with Crippen molar-refractivity contribution in [1.82, 2.24) is 0 Å². The minimum absolute atomic E-state index is 0.669. The number of carbonyl (C=O) groups excluding carboxylic acids is 1. The van der Waals surface area contributed by atoms with Crippen LogP contribution in [0.4, 0.5) is 26.3 Å². The Kier molecular flexibility index (Phi) is 5.00. The summed E-state index contributed by atoms with van der Waals surface area (Å²) in [4.78, 5) is 10.8. The number of esters is 1. The number of hydrogen-bond acceptors (Lipinski definition) is 4. The Hall–Kier alpha value is -1.03. The molecule has 0 saturated heterocycles. The number of carbonyl (C=O) groups is 1. The quantitative estimate of drug-likeness (QED) is 0.626. The first-order valence-electron chi connectivity index (χ1n) is 4.38. The molecule has 0 radical (unpaired) electrons. The molecule has 0 heterocycles. The van der Waals surface area contributed by atoms with Crippen molar-refractivity contribution in [3.63, 3.8) is 0 Å². The van der Waals surface area contributed by atoms with Crippen molar-refractivity contribution in [1.29, 1.82) is 0 Å². The highest BCUT2D eigenvalue weighted by Crippen LogP contribution is 2.36. The third-order valence-corrected chi connectivity index (χ3v) is 1.75. The van der Waals surface area contributed by atoms with E-state index in [1.165, 1.54) is 0 Å². The Morgan fingerprint density at radius 2 is 1.56 bits per heavy atom. The van der Waals surface area contributed by atoms with E-state index in [1.807, 2.05) is 0 Å². The average Bonchev–Trinajstić information content (AvgIpc) is 2.11. The molecule has 1 unspecified atom stereocenters. The van der Waals surface area contributed by atoms with Gasteiger partial charge in [-0.3, -0.25) is 0 Å². The van der Waals surface area contributed by atoms with Crippen molar-refractivity contribution >= 4 is 5.97 Å². The number of methoxy groups -OCH3 is 1.